The molecule has 2 aromatic rings. The standard InChI is InChI=1S/C15H21NO3.C11H15NO2.C7H9NO4/c1-4-5-15(18)19-13-8-6-12(7-9-13)10-14(16-3)11(2)17;1-8(13)11(12-2)7-9-3-5-10(14)6-4-9;1-2-7(11)12-8-5(9)3-4-6(8)10/h6-9,14,16H,4-5,10H2,1-3H3;3-6,11-12,14H,7H2,1-2H3;2-4H2,1H3. The first-order chi connectivity index (χ1) is 21.3. The lowest BCUT2D eigenvalue weighted by Crippen LogP contribution is -2.34. The highest BCUT2D eigenvalue weighted by atomic mass is 16.7. The monoisotopic (exact) mass is 627 g/mol. The van der Waals surface area contributed by atoms with E-state index in [-0.39, 0.29) is 54.6 Å². The molecule has 0 radical (unpaired) electrons. The summed E-state index contributed by atoms with van der Waals surface area (Å²) in [4.78, 5) is 70.7. The van der Waals surface area contributed by atoms with Gasteiger partial charge in [-0.05, 0) is 82.6 Å². The van der Waals surface area contributed by atoms with E-state index in [9.17, 15) is 28.8 Å². The van der Waals surface area contributed by atoms with Crippen LogP contribution in [0.2, 0.25) is 0 Å². The van der Waals surface area contributed by atoms with E-state index in [4.69, 9.17) is 9.84 Å². The first-order valence-electron chi connectivity index (χ1n) is 14.8. The summed E-state index contributed by atoms with van der Waals surface area (Å²) < 4.78 is 5.17. The molecule has 3 N–H and O–H groups in total. The third kappa shape index (κ3) is 14.7. The van der Waals surface area contributed by atoms with Crippen LogP contribution >= 0.6 is 0 Å². The first kappa shape index (κ1) is 38.6. The summed E-state index contributed by atoms with van der Waals surface area (Å²) in [6.45, 7) is 6.67. The maximum atomic E-state index is 11.3. The highest BCUT2D eigenvalue weighted by Gasteiger charge is 2.32. The number of Topliss-reactive ketones (excluding diaryl/α,β-unsaturated/α-hetero) is 2. The number of amides is 2. The van der Waals surface area contributed by atoms with E-state index in [1.807, 2.05) is 31.2 Å². The van der Waals surface area contributed by atoms with E-state index >= 15 is 0 Å². The number of likely N-dealkylation sites (N-methyl/N-ethyl adjacent to an activating group) is 2. The average Bonchev–Trinajstić information content (AvgIpc) is 3.32. The largest absolute Gasteiger partial charge is 0.508 e. The Balaban J connectivity index is 0.000000348. The van der Waals surface area contributed by atoms with Crippen LogP contribution in [0.1, 0.15) is 70.9 Å². The Morgan fingerprint density at radius 2 is 1.22 bits per heavy atom. The molecule has 0 spiro atoms. The molecule has 1 saturated heterocycles. The molecule has 12 nitrogen and oxygen atoms in total. The lowest BCUT2D eigenvalue weighted by atomic mass is 10.0. The summed E-state index contributed by atoms with van der Waals surface area (Å²) in [6.07, 6.45) is 2.91. The van der Waals surface area contributed by atoms with Gasteiger partial charge in [0.15, 0.2) is 0 Å². The van der Waals surface area contributed by atoms with Gasteiger partial charge in [0.05, 0.1) is 12.1 Å². The van der Waals surface area contributed by atoms with Crippen LogP contribution < -0.4 is 15.4 Å². The Hall–Kier alpha value is -4.42. The van der Waals surface area contributed by atoms with Gasteiger partial charge in [0.25, 0.3) is 11.8 Å². The number of nitrogens with zero attached hydrogens (tertiary/aromatic N) is 1. The Morgan fingerprint density at radius 3 is 1.60 bits per heavy atom. The second-order valence-corrected chi connectivity index (χ2v) is 10.2. The van der Waals surface area contributed by atoms with Crippen molar-refractivity contribution in [1.82, 2.24) is 15.7 Å². The van der Waals surface area contributed by atoms with Crippen LogP contribution in [0.15, 0.2) is 48.5 Å². The van der Waals surface area contributed by atoms with Crippen LogP contribution in [-0.2, 0) is 46.4 Å². The molecule has 0 saturated carbocycles. The summed E-state index contributed by atoms with van der Waals surface area (Å²) in [7, 11) is 3.54. The number of hydroxylamine groups is 2. The number of imide groups is 1. The van der Waals surface area contributed by atoms with Gasteiger partial charge < -0.3 is 25.3 Å². The first-order valence-corrected chi connectivity index (χ1v) is 14.8. The van der Waals surface area contributed by atoms with Gasteiger partial charge in [0.2, 0.25) is 0 Å². The number of esters is 1. The van der Waals surface area contributed by atoms with Crippen LogP contribution in [-0.4, -0.2) is 71.7 Å². The van der Waals surface area contributed by atoms with Crippen molar-refractivity contribution in [3.05, 3.63) is 59.7 Å². The number of carbonyl (C=O) groups excluding carboxylic acids is 6. The minimum atomic E-state index is -0.571. The number of phenolic OH excluding ortho intramolecular Hbond substituents is 1. The molecule has 2 amide bonds. The number of ketones is 2. The summed E-state index contributed by atoms with van der Waals surface area (Å²) in [5, 5.41) is 15.6. The molecule has 12 heteroatoms. The van der Waals surface area contributed by atoms with Crippen LogP contribution in [0, 0.1) is 0 Å². The number of phenols is 1. The fraction of sp³-hybridized carbons (Fsp3) is 0.455. The third-order valence-electron chi connectivity index (χ3n) is 6.59. The number of aromatic hydroxyl groups is 1. The fourth-order valence-electron chi connectivity index (χ4n) is 3.91. The van der Waals surface area contributed by atoms with Crippen LogP contribution in [0.4, 0.5) is 0 Å². The molecule has 246 valence electrons. The predicted molar refractivity (Wildman–Crippen MR) is 167 cm³/mol. The van der Waals surface area contributed by atoms with E-state index in [2.05, 4.69) is 15.5 Å². The smallest absolute Gasteiger partial charge is 0.332 e. The summed E-state index contributed by atoms with van der Waals surface area (Å²) in [6, 6.07) is 13.9. The van der Waals surface area contributed by atoms with Crippen molar-refractivity contribution in [3.8, 4) is 11.5 Å². The zero-order valence-corrected chi connectivity index (χ0v) is 26.9. The second-order valence-electron chi connectivity index (χ2n) is 10.2. The molecule has 3 rings (SSSR count). The SMILES string of the molecule is CCC(=O)ON1C(=O)CCC1=O.CCCC(=O)Oc1ccc(CC(NC)C(C)=O)cc1.CNC(Cc1ccc(O)cc1)C(C)=O. The molecule has 2 aromatic carbocycles. The second kappa shape index (κ2) is 20.5. The Morgan fingerprint density at radius 1 is 0.778 bits per heavy atom. The lowest BCUT2D eigenvalue weighted by Gasteiger charge is -2.12. The number of nitrogens with one attached hydrogen (secondary N) is 2. The van der Waals surface area contributed by atoms with Crippen molar-refractivity contribution in [3.63, 3.8) is 0 Å². The van der Waals surface area contributed by atoms with Gasteiger partial charge in [-0.15, -0.1) is 5.06 Å². The van der Waals surface area contributed by atoms with Gasteiger partial charge in [-0.1, -0.05) is 38.1 Å². The van der Waals surface area contributed by atoms with Crippen molar-refractivity contribution >= 4 is 35.3 Å². The quantitative estimate of drug-likeness (QED) is 0.169. The number of carbonyl (C=O) groups is 6. The maximum Gasteiger partial charge on any atom is 0.332 e. The normalized spacial score (nSPS) is 13.4. The molecular weight excluding hydrogens is 582 g/mol. The van der Waals surface area contributed by atoms with Crippen LogP contribution in [0.25, 0.3) is 0 Å². The van der Waals surface area contributed by atoms with Crippen LogP contribution in [0.5, 0.6) is 11.5 Å². The number of rotatable bonds is 13. The summed E-state index contributed by atoms with van der Waals surface area (Å²) in [5.74, 6) is -0.639. The number of benzene rings is 2. The van der Waals surface area contributed by atoms with Gasteiger partial charge in [0.1, 0.15) is 23.1 Å². The molecule has 1 fully saturated rings. The zero-order valence-electron chi connectivity index (χ0n) is 26.9. The fourth-order valence-corrected chi connectivity index (χ4v) is 3.91. The Bertz CT molecular complexity index is 1260. The van der Waals surface area contributed by atoms with E-state index in [0.29, 0.717) is 30.1 Å². The van der Waals surface area contributed by atoms with Gasteiger partial charge in [-0.3, -0.25) is 24.0 Å². The molecule has 1 aliphatic heterocycles. The molecule has 2 atom stereocenters. The number of hydrogen-bond donors (Lipinski definition) is 3. The lowest BCUT2D eigenvalue weighted by molar-refractivity contribution is -0.197. The summed E-state index contributed by atoms with van der Waals surface area (Å²) >= 11 is 0. The third-order valence-corrected chi connectivity index (χ3v) is 6.59. The van der Waals surface area contributed by atoms with E-state index < -0.39 is 17.8 Å². The minimum Gasteiger partial charge on any atom is -0.508 e. The van der Waals surface area contributed by atoms with E-state index in [1.54, 1.807) is 59.1 Å². The van der Waals surface area contributed by atoms with Crippen LogP contribution in [0.3, 0.4) is 0 Å². The average molecular weight is 628 g/mol. The molecule has 0 aliphatic carbocycles. The Labute approximate surface area is 264 Å². The predicted octanol–water partition coefficient (Wildman–Crippen LogP) is 3.23. The highest BCUT2D eigenvalue weighted by molar-refractivity contribution is 6.01. The van der Waals surface area contributed by atoms with Crippen molar-refractivity contribution in [2.24, 2.45) is 0 Å². The molecule has 2 unspecified atom stereocenters. The molecule has 45 heavy (non-hydrogen) atoms. The summed E-state index contributed by atoms with van der Waals surface area (Å²) in [5.41, 5.74) is 2.07. The van der Waals surface area contributed by atoms with Crippen molar-refractivity contribution in [2.75, 3.05) is 14.1 Å². The number of hydrogen-bond acceptors (Lipinski definition) is 11. The van der Waals surface area contributed by atoms with Crippen molar-refractivity contribution in [1.29, 1.82) is 0 Å². The molecule has 1 heterocycles. The molecule has 0 bridgehead atoms. The minimum absolute atomic E-state index is 0.112. The van der Waals surface area contributed by atoms with Crippen molar-refractivity contribution < 1.29 is 43.4 Å². The number of ether oxygens (including phenoxy) is 1. The Kier molecular flexibility index (Phi) is 17.6. The highest BCUT2D eigenvalue weighted by Crippen LogP contribution is 2.15. The van der Waals surface area contributed by atoms with Gasteiger partial charge in [-0.25, -0.2) is 4.79 Å². The molecular formula is C33H45N3O9. The zero-order chi connectivity index (χ0) is 33.9. The van der Waals surface area contributed by atoms with E-state index in [1.165, 1.54) is 0 Å². The molecule has 0 aromatic heterocycles. The van der Waals surface area contributed by atoms with Gasteiger partial charge >= 0.3 is 11.9 Å². The van der Waals surface area contributed by atoms with Gasteiger partial charge in [0, 0.05) is 25.7 Å². The topological polar surface area (TPSA) is 168 Å². The molecule has 1 aliphatic rings. The maximum absolute atomic E-state index is 11.3. The van der Waals surface area contributed by atoms with Crippen molar-refractivity contribution in [2.45, 2.75) is 84.7 Å². The van der Waals surface area contributed by atoms with Gasteiger partial charge in [-0.2, -0.15) is 0 Å². The van der Waals surface area contributed by atoms with E-state index in [0.717, 1.165) is 17.5 Å².